The van der Waals surface area contributed by atoms with E-state index < -0.39 is 16.0 Å². The molecule has 0 aliphatic carbocycles. The van der Waals surface area contributed by atoms with E-state index in [4.69, 9.17) is 0 Å². The third-order valence-electron chi connectivity index (χ3n) is 5.58. The standard InChI is InChI=1S/C23H25F2N5O2S/c1-16-12-23(33(31,32)29-22-9-5-8-21(25)28-22)27-14-20(16)26-13-18-17(6-4-7-19(18)24)15-30-10-2-3-11-30/h4-9,12,14,26H,2-3,10-11,13,15H2,1H3,(H,28,29). The highest BCUT2D eigenvalue weighted by Gasteiger charge is 2.19. The molecule has 2 N–H and O–H groups in total. The minimum atomic E-state index is -4.05. The highest BCUT2D eigenvalue weighted by molar-refractivity contribution is 7.92. The first-order valence-corrected chi connectivity index (χ1v) is 12.1. The number of sulfonamides is 1. The van der Waals surface area contributed by atoms with Gasteiger partial charge in [-0.3, -0.25) is 9.62 Å². The van der Waals surface area contributed by atoms with E-state index in [0.717, 1.165) is 37.6 Å². The van der Waals surface area contributed by atoms with E-state index >= 15 is 0 Å². The molecule has 174 valence electrons. The zero-order valence-electron chi connectivity index (χ0n) is 18.2. The summed E-state index contributed by atoms with van der Waals surface area (Å²) in [5.74, 6) is -1.21. The molecule has 1 fully saturated rings. The number of likely N-dealkylation sites (tertiary alicyclic amines) is 1. The van der Waals surface area contributed by atoms with Crippen molar-refractivity contribution >= 4 is 21.5 Å². The summed E-state index contributed by atoms with van der Waals surface area (Å²) < 4.78 is 55.3. The number of nitrogens with zero attached hydrogens (tertiary/aromatic N) is 3. The molecule has 0 spiro atoms. The second-order valence-corrected chi connectivity index (χ2v) is 9.63. The van der Waals surface area contributed by atoms with Gasteiger partial charge in [0.2, 0.25) is 5.95 Å². The average molecular weight is 474 g/mol. The number of nitrogens with one attached hydrogen (secondary N) is 2. The minimum Gasteiger partial charge on any atom is -0.379 e. The summed E-state index contributed by atoms with van der Waals surface area (Å²) in [6, 6.07) is 10.3. The molecule has 3 aromatic rings. The van der Waals surface area contributed by atoms with Gasteiger partial charge < -0.3 is 5.32 Å². The Bertz CT molecular complexity index is 1250. The Labute approximate surface area is 191 Å². The molecule has 0 amide bonds. The summed E-state index contributed by atoms with van der Waals surface area (Å²) in [4.78, 5) is 9.85. The van der Waals surface area contributed by atoms with Crippen molar-refractivity contribution in [2.45, 2.75) is 37.9 Å². The van der Waals surface area contributed by atoms with E-state index in [0.29, 0.717) is 23.4 Å². The van der Waals surface area contributed by atoms with Crippen molar-refractivity contribution in [2.24, 2.45) is 0 Å². The maximum atomic E-state index is 14.6. The van der Waals surface area contributed by atoms with Crippen LogP contribution in [0.3, 0.4) is 0 Å². The maximum Gasteiger partial charge on any atom is 0.280 e. The van der Waals surface area contributed by atoms with Gasteiger partial charge in [-0.25, -0.2) is 14.4 Å². The van der Waals surface area contributed by atoms with Crippen LogP contribution in [0.1, 0.15) is 29.5 Å². The average Bonchev–Trinajstić information content (AvgIpc) is 3.27. The van der Waals surface area contributed by atoms with E-state index in [1.807, 2.05) is 6.07 Å². The van der Waals surface area contributed by atoms with Crippen LogP contribution in [0.5, 0.6) is 0 Å². The number of rotatable bonds is 8. The lowest BCUT2D eigenvalue weighted by Gasteiger charge is -2.19. The topological polar surface area (TPSA) is 87.2 Å². The first-order valence-electron chi connectivity index (χ1n) is 10.7. The van der Waals surface area contributed by atoms with Crippen LogP contribution in [0.4, 0.5) is 20.3 Å². The van der Waals surface area contributed by atoms with Gasteiger partial charge in [0.1, 0.15) is 11.6 Å². The van der Waals surface area contributed by atoms with Crippen LogP contribution in [0.25, 0.3) is 0 Å². The molecule has 1 aromatic carbocycles. The van der Waals surface area contributed by atoms with Crippen molar-refractivity contribution in [1.29, 1.82) is 0 Å². The number of benzene rings is 1. The number of aryl methyl sites for hydroxylation is 1. The van der Waals surface area contributed by atoms with Gasteiger partial charge in [0.05, 0.1) is 11.9 Å². The van der Waals surface area contributed by atoms with E-state index in [9.17, 15) is 17.2 Å². The molecule has 1 saturated heterocycles. The zero-order valence-corrected chi connectivity index (χ0v) is 19.0. The van der Waals surface area contributed by atoms with Gasteiger partial charge in [-0.15, -0.1) is 0 Å². The number of pyridine rings is 2. The highest BCUT2D eigenvalue weighted by Crippen LogP contribution is 2.23. The van der Waals surface area contributed by atoms with E-state index in [1.54, 1.807) is 13.0 Å². The summed E-state index contributed by atoms with van der Waals surface area (Å²) in [6.07, 6.45) is 3.71. The van der Waals surface area contributed by atoms with Crippen molar-refractivity contribution in [2.75, 3.05) is 23.1 Å². The van der Waals surface area contributed by atoms with Crippen LogP contribution < -0.4 is 10.0 Å². The first kappa shape index (κ1) is 23.1. The van der Waals surface area contributed by atoms with Crippen molar-refractivity contribution < 1.29 is 17.2 Å². The van der Waals surface area contributed by atoms with Crippen molar-refractivity contribution in [3.05, 3.63) is 77.1 Å². The van der Waals surface area contributed by atoms with Crippen LogP contribution in [-0.2, 0) is 23.1 Å². The molecule has 2 aromatic heterocycles. The monoisotopic (exact) mass is 473 g/mol. The lowest BCUT2D eigenvalue weighted by Crippen LogP contribution is -2.20. The molecule has 33 heavy (non-hydrogen) atoms. The van der Waals surface area contributed by atoms with Gasteiger partial charge in [0.25, 0.3) is 10.0 Å². The van der Waals surface area contributed by atoms with Crippen LogP contribution >= 0.6 is 0 Å². The Kier molecular flexibility index (Phi) is 6.85. The van der Waals surface area contributed by atoms with Gasteiger partial charge in [-0.1, -0.05) is 18.2 Å². The summed E-state index contributed by atoms with van der Waals surface area (Å²) in [5, 5.41) is 2.95. The number of anilines is 2. The highest BCUT2D eigenvalue weighted by atomic mass is 32.2. The Morgan fingerprint density at radius 3 is 2.58 bits per heavy atom. The van der Waals surface area contributed by atoms with Crippen molar-refractivity contribution in [3.63, 3.8) is 0 Å². The predicted octanol–water partition coefficient (Wildman–Crippen LogP) is 4.07. The molecule has 4 rings (SSSR count). The first-order chi connectivity index (χ1) is 15.8. The third-order valence-corrected chi connectivity index (χ3v) is 6.83. The Morgan fingerprint density at radius 1 is 1.09 bits per heavy atom. The van der Waals surface area contributed by atoms with Gasteiger partial charge in [0, 0.05) is 18.7 Å². The van der Waals surface area contributed by atoms with Gasteiger partial charge in [0.15, 0.2) is 5.03 Å². The van der Waals surface area contributed by atoms with Crippen LogP contribution in [0.15, 0.2) is 53.7 Å². The van der Waals surface area contributed by atoms with Gasteiger partial charge in [-0.2, -0.15) is 12.8 Å². The lowest BCUT2D eigenvalue weighted by molar-refractivity contribution is 0.329. The molecule has 1 aliphatic rings. The van der Waals surface area contributed by atoms with E-state index in [2.05, 4.69) is 24.9 Å². The molecule has 0 radical (unpaired) electrons. The quantitative estimate of drug-likeness (QED) is 0.480. The summed E-state index contributed by atoms with van der Waals surface area (Å²) in [6.45, 7) is 4.71. The molecule has 0 atom stereocenters. The van der Waals surface area contributed by atoms with E-state index in [-0.39, 0.29) is 23.2 Å². The number of aromatic nitrogens is 2. The number of halogens is 2. The van der Waals surface area contributed by atoms with Gasteiger partial charge in [-0.05, 0) is 68.2 Å². The second-order valence-electron chi connectivity index (χ2n) is 8.00. The van der Waals surface area contributed by atoms with Crippen molar-refractivity contribution in [1.82, 2.24) is 14.9 Å². The predicted molar refractivity (Wildman–Crippen MR) is 122 cm³/mol. The molecule has 1 aliphatic heterocycles. The van der Waals surface area contributed by atoms with Crippen LogP contribution in [0, 0.1) is 18.7 Å². The summed E-state index contributed by atoms with van der Waals surface area (Å²) in [5.41, 5.74) is 2.73. The van der Waals surface area contributed by atoms with Crippen LogP contribution in [-0.4, -0.2) is 36.4 Å². The lowest BCUT2D eigenvalue weighted by atomic mass is 10.1. The fraction of sp³-hybridized carbons (Fsp3) is 0.304. The largest absolute Gasteiger partial charge is 0.379 e. The fourth-order valence-electron chi connectivity index (χ4n) is 3.83. The smallest absolute Gasteiger partial charge is 0.280 e. The minimum absolute atomic E-state index is 0.137. The van der Waals surface area contributed by atoms with Gasteiger partial charge >= 0.3 is 0 Å². The maximum absolute atomic E-state index is 14.6. The Hall–Kier alpha value is -3.11. The fourth-order valence-corrected chi connectivity index (χ4v) is 4.85. The molecular formula is C23H25F2N5O2S. The molecule has 0 unspecified atom stereocenters. The zero-order chi connectivity index (χ0) is 23.4. The van der Waals surface area contributed by atoms with Crippen molar-refractivity contribution in [3.8, 4) is 0 Å². The molecule has 0 saturated carbocycles. The normalized spacial score (nSPS) is 14.4. The summed E-state index contributed by atoms with van der Waals surface area (Å²) in [7, 11) is -4.05. The summed E-state index contributed by atoms with van der Waals surface area (Å²) >= 11 is 0. The van der Waals surface area contributed by atoms with E-state index in [1.165, 1.54) is 30.5 Å². The molecular weight excluding hydrogens is 448 g/mol. The SMILES string of the molecule is Cc1cc(S(=O)(=O)Nc2cccc(F)n2)ncc1NCc1c(F)cccc1CN1CCCC1. The van der Waals surface area contributed by atoms with Crippen LogP contribution in [0.2, 0.25) is 0 Å². The number of hydrogen-bond acceptors (Lipinski definition) is 6. The number of hydrogen-bond donors (Lipinski definition) is 2. The molecule has 3 heterocycles. The second kappa shape index (κ2) is 9.80. The molecule has 10 heteroatoms. The Balaban J connectivity index is 1.48. The molecule has 0 bridgehead atoms. The molecule has 7 nitrogen and oxygen atoms in total. The third kappa shape index (κ3) is 5.63. The Morgan fingerprint density at radius 2 is 1.85 bits per heavy atom.